The Morgan fingerprint density at radius 3 is 2.48 bits per heavy atom. The summed E-state index contributed by atoms with van der Waals surface area (Å²) in [5, 5.41) is 1.70. The van der Waals surface area contributed by atoms with Crippen molar-refractivity contribution in [3.63, 3.8) is 0 Å². The molecule has 2 atom stereocenters. The Bertz CT molecular complexity index is 1100. The Morgan fingerprint density at radius 1 is 1.07 bits per heavy atom. The molecular weight excluding hydrogens is 475 g/mol. The molecule has 2 aromatic rings. The maximum atomic E-state index is 12.6. The van der Waals surface area contributed by atoms with E-state index in [-0.39, 0.29) is 35.1 Å². The van der Waals surface area contributed by atoms with E-state index < -0.39 is 9.84 Å². The summed E-state index contributed by atoms with van der Waals surface area (Å²) in [6.07, 6.45) is 0.117. The van der Waals surface area contributed by atoms with Crippen molar-refractivity contribution in [2.75, 3.05) is 16.4 Å². The standard InChI is InChI=1S/C19H15Cl3N2O3S2/c20-12-3-1-11(2-4-12)7-18(25)23-19-24(15-8-13(21)5-6-14(15)22)16-9-29(26,27)10-17(16)28-19/h1-6,8,16-17H,7,9-10H2/t16-,17+/m0/s1. The second-order valence-electron chi connectivity index (χ2n) is 6.86. The summed E-state index contributed by atoms with van der Waals surface area (Å²) in [6, 6.07) is 11.6. The third kappa shape index (κ3) is 4.59. The lowest BCUT2D eigenvalue weighted by molar-refractivity contribution is -0.117. The first-order valence-electron chi connectivity index (χ1n) is 8.69. The van der Waals surface area contributed by atoms with Crippen LogP contribution in [-0.4, -0.2) is 42.3 Å². The minimum atomic E-state index is -3.16. The molecule has 0 aliphatic carbocycles. The third-order valence-electron chi connectivity index (χ3n) is 4.72. The number of hydrogen-bond donors (Lipinski definition) is 0. The molecule has 2 fully saturated rings. The molecule has 29 heavy (non-hydrogen) atoms. The molecule has 0 unspecified atom stereocenters. The lowest BCUT2D eigenvalue weighted by Crippen LogP contribution is -2.38. The highest BCUT2D eigenvalue weighted by molar-refractivity contribution is 8.16. The van der Waals surface area contributed by atoms with Crippen molar-refractivity contribution in [3.05, 3.63) is 63.1 Å². The Hall–Kier alpha value is -1.25. The van der Waals surface area contributed by atoms with E-state index >= 15 is 0 Å². The molecule has 2 aliphatic heterocycles. The molecule has 10 heteroatoms. The smallest absolute Gasteiger partial charge is 0.252 e. The van der Waals surface area contributed by atoms with Crippen molar-refractivity contribution >= 4 is 73.2 Å². The first-order valence-corrected chi connectivity index (χ1v) is 12.5. The first-order chi connectivity index (χ1) is 13.7. The maximum Gasteiger partial charge on any atom is 0.252 e. The number of aliphatic imine (C=N–C) groups is 1. The largest absolute Gasteiger partial charge is 0.314 e. The number of thioether (sulfide) groups is 1. The van der Waals surface area contributed by atoms with Gasteiger partial charge in [-0.05, 0) is 35.9 Å². The van der Waals surface area contributed by atoms with Gasteiger partial charge < -0.3 is 4.90 Å². The second-order valence-corrected chi connectivity index (χ2v) is 11.5. The van der Waals surface area contributed by atoms with Gasteiger partial charge in [-0.15, -0.1) is 0 Å². The van der Waals surface area contributed by atoms with Gasteiger partial charge in [0.05, 0.1) is 34.7 Å². The monoisotopic (exact) mass is 488 g/mol. The topological polar surface area (TPSA) is 66.8 Å². The van der Waals surface area contributed by atoms with E-state index in [1.165, 1.54) is 11.8 Å². The fourth-order valence-corrected chi connectivity index (χ4v) is 7.86. The van der Waals surface area contributed by atoms with E-state index in [0.717, 1.165) is 5.56 Å². The minimum Gasteiger partial charge on any atom is -0.314 e. The summed E-state index contributed by atoms with van der Waals surface area (Å²) in [5.74, 6) is -0.305. The Labute approximate surface area is 188 Å². The molecule has 4 rings (SSSR count). The average molecular weight is 490 g/mol. The van der Waals surface area contributed by atoms with Crippen molar-refractivity contribution in [2.24, 2.45) is 4.99 Å². The normalized spacial score (nSPS) is 24.1. The summed E-state index contributed by atoms with van der Waals surface area (Å²) in [7, 11) is -3.16. The van der Waals surface area contributed by atoms with Crippen LogP contribution in [0.4, 0.5) is 5.69 Å². The van der Waals surface area contributed by atoms with E-state index in [9.17, 15) is 13.2 Å². The number of nitrogens with zero attached hydrogens (tertiary/aromatic N) is 2. The van der Waals surface area contributed by atoms with Gasteiger partial charge in [-0.1, -0.05) is 58.7 Å². The fraction of sp³-hybridized carbons (Fsp3) is 0.263. The predicted octanol–water partition coefficient (Wildman–Crippen LogP) is 4.49. The molecule has 0 spiro atoms. The van der Waals surface area contributed by atoms with Crippen molar-refractivity contribution in [1.29, 1.82) is 0 Å². The van der Waals surface area contributed by atoms with Crippen LogP contribution < -0.4 is 4.90 Å². The Kier molecular flexibility index (Phi) is 5.88. The fourth-order valence-electron chi connectivity index (χ4n) is 3.44. The predicted molar refractivity (Wildman–Crippen MR) is 120 cm³/mol. The summed E-state index contributed by atoms with van der Waals surface area (Å²) in [4.78, 5) is 18.6. The number of fused-ring (bicyclic) bond motifs is 1. The zero-order valence-corrected chi connectivity index (χ0v) is 18.8. The SMILES string of the molecule is O=C(Cc1ccc(Cl)cc1)N=C1S[C@@H]2CS(=O)(=O)C[C@@H]2N1c1cc(Cl)ccc1Cl. The van der Waals surface area contributed by atoms with E-state index in [4.69, 9.17) is 34.8 Å². The van der Waals surface area contributed by atoms with Crippen LogP contribution in [0.2, 0.25) is 15.1 Å². The average Bonchev–Trinajstić information content (AvgIpc) is 3.10. The van der Waals surface area contributed by atoms with Crippen molar-refractivity contribution in [2.45, 2.75) is 17.7 Å². The molecule has 2 aliphatic rings. The Morgan fingerprint density at radius 2 is 1.76 bits per heavy atom. The van der Waals surface area contributed by atoms with Crippen LogP contribution in [0.3, 0.4) is 0 Å². The third-order valence-corrected chi connectivity index (χ3v) is 8.74. The summed E-state index contributed by atoms with van der Waals surface area (Å²) in [5.41, 5.74) is 1.34. The van der Waals surface area contributed by atoms with Gasteiger partial charge in [-0.3, -0.25) is 4.79 Å². The number of halogens is 3. The molecular formula is C19H15Cl3N2O3S2. The lowest BCUT2D eigenvalue weighted by atomic mass is 10.1. The van der Waals surface area contributed by atoms with Crippen LogP contribution >= 0.6 is 46.6 Å². The highest BCUT2D eigenvalue weighted by Crippen LogP contribution is 2.43. The Balaban J connectivity index is 1.67. The van der Waals surface area contributed by atoms with E-state index in [2.05, 4.69) is 4.99 Å². The van der Waals surface area contributed by atoms with Crippen LogP contribution in [-0.2, 0) is 21.1 Å². The molecule has 2 aromatic carbocycles. The van der Waals surface area contributed by atoms with Gasteiger partial charge in [-0.25, -0.2) is 8.42 Å². The molecule has 0 N–H and O–H groups in total. The highest BCUT2D eigenvalue weighted by Gasteiger charge is 2.49. The van der Waals surface area contributed by atoms with Crippen molar-refractivity contribution in [1.82, 2.24) is 0 Å². The van der Waals surface area contributed by atoms with Crippen LogP contribution in [0.15, 0.2) is 47.5 Å². The minimum absolute atomic E-state index is 0.0160. The van der Waals surface area contributed by atoms with E-state index in [1.807, 2.05) is 0 Å². The molecule has 2 heterocycles. The van der Waals surface area contributed by atoms with Crippen LogP contribution in [0.1, 0.15) is 5.56 Å². The lowest BCUT2D eigenvalue weighted by Gasteiger charge is -2.25. The van der Waals surface area contributed by atoms with Gasteiger partial charge >= 0.3 is 0 Å². The zero-order valence-electron chi connectivity index (χ0n) is 14.9. The number of sulfone groups is 1. The summed E-state index contributed by atoms with van der Waals surface area (Å²) in [6.45, 7) is 0. The molecule has 2 saturated heterocycles. The van der Waals surface area contributed by atoms with Gasteiger partial charge in [0, 0.05) is 15.3 Å². The van der Waals surface area contributed by atoms with Gasteiger partial charge in [0.25, 0.3) is 5.91 Å². The van der Waals surface area contributed by atoms with Gasteiger partial charge in [-0.2, -0.15) is 4.99 Å². The van der Waals surface area contributed by atoms with Gasteiger partial charge in [0.2, 0.25) is 0 Å². The molecule has 0 aromatic heterocycles. The number of hydrogen-bond acceptors (Lipinski definition) is 4. The maximum absolute atomic E-state index is 12.6. The molecule has 5 nitrogen and oxygen atoms in total. The quantitative estimate of drug-likeness (QED) is 0.635. The number of amides is 1. The first kappa shape index (κ1) is 21.0. The molecule has 0 saturated carbocycles. The van der Waals surface area contributed by atoms with E-state index in [0.29, 0.717) is 25.9 Å². The number of carbonyl (C=O) groups excluding carboxylic acids is 1. The zero-order chi connectivity index (χ0) is 20.8. The number of amidine groups is 1. The van der Waals surface area contributed by atoms with Crippen LogP contribution in [0.25, 0.3) is 0 Å². The number of benzene rings is 2. The number of rotatable bonds is 3. The molecule has 0 bridgehead atoms. The number of carbonyl (C=O) groups is 1. The summed E-state index contributed by atoms with van der Waals surface area (Å²) < 4.78 is 24.3. The van der Waals surface area contributed by atoms with Gasteiger partial charge in [0.15, 0.2) is 15.0 Å². The molecule has 1 amide bonds. The summed E-state index contributed by atoms with van der Waals surface area (Å²) >= 11 is 19.7. The van der Waals surface area contributed by atoms with Crippen molar-refractivity contribution < 1.29 is 13.2 Å². The van der Waals surface area contributed by atoms with Gasteiger partial charge in [0.1, 0.15) is 0 Å². The van der Waals surface area contributed by atoms with E-state index in [1.54, 1.807) is 47.4 Å². The van der Waals surface area contributed by atoms with Crippen LogP contribution in [0.5, 0.6) is 0 Å². The van der Waals surface area contributed by atoms with Crippen LogP contribution in [0, 0.1) is 0 Å². The second kappa shape index (κ2) is 8.12. The molecule has 152 valence electrons. The molecule has 0 radical (unpaired) electrons. The van der Waals surface area contributed by atoms with Crippen molar-refractivity contribution in [3.8, 4) is 0 Å². The number of anilines is 1. The highest BCUT2D eigenvalue weighted by atomic mass is 35.5.